The van der Waals surface area contributed by atoms with E-state index in [0.29, 0.717) is 17.1 Å². The van der Waals surface area contributed by atoms with E-state index >= 15 is 0 Å². The summed E-state index contributed by atoms with van der Waals surface area (Å²) < 4.78 is 5.19. The predicted octanol–water partition coefficient (Wildman–Crippen LogP) is 2.31. The van der Waals surface area contributed by atoms with E-state index in [0.717, 1.165) is 11.4 Å². The molecule has 0 atom stereocenters. The normalized spacial score (nSPS) is 9.74. The molecule has 0 bridgehead atoms. The van der Waals surface area contributed by atoms with Gasteiger partial charge in [-0.2, -0.15) is 5.26 Å². The fourth-order valence-corrected chi connectivity index (χ4v) is 1.77. The summed E-state index contributed by atoms with van der Waals surface area (Å²) in [6.45, 7) is 0. The van der Waals surface area contributed by atoms with Crippen LogP contribution < -0.4 is 15.4 Å². The summed E-state index contributed by atoms with van der Waals surface area (Å²) in [5, 5.41) is 8.98. The molecule has 0 aliphatic rings. The third-order valence-corrected chi connectivity index (χ3v) is 2.85. The Morgan fingerprint density at radius 2 is 2.16 bits per heavy atom. The highest BCUT2D eigenvalue weighted by atomic mass is 16.5. The average Bonchev–Trinajstić information content (AvgIpc) is 2.47. The van der Waals surface area contributed by atoms with Gasteiger partial charge in [-0.05, 0) is 18.2 Å². The lowest BCUT2D eigenvalue weighted by molar-refractivity contribution is 0.415. The molecular formula is C14H14N4O. The summed E-state index contributed by atoms with van der Waals surface area (Å²) in [4.78, 5) is 6.05. The summed E-state index contributed by atoms with van der Waals surface area (Å²) in [6.07, 6.45) is 1.57. The van der Waals surface area contributed by atoms with Crippen molar-refractivity contribution in [3.05, 3.63) is 42.1 Å². The van der Waals surface area contributed by atoms with Crippen molar-refractivity contribution in [1.82, 2.24) is 4.98 Å². The van der Waals surface area contributed by atoms with E-state index in [1.54, 1.807) is 19.4 Å². The van der Waals surface area contributed by atoms with Crippen molar-refractivity contribution < 1.29 is 4.74 Å². The molecule has 1 heterocycles. The van der Waals surface area contributed by atoms with Gasteiger partial charge < -0.3 is 15.4 Å². The number of anilines is 3. The van der Waals surface area contributed by atoms with Gasteiger partial charge in [-0.1, -0.05) is 6.07 Å². The summed E-state index contributed by atoms with van der Waals surface area (Å²) in [5.74, 6) is 1.30. The zero-order valence-corrected chi connectivity index (χ0v) is 10.8. The molecule has 1 aromatic carbocycles. The third kappa shape index (κ3) is 2.43. The number of pyridine rings is 1. The lowest BCUT2D eigenvalue weighted by Gasteiger charge is -2.20. The van der Waals surface area contributed by atoms with E-state index in [1.165, 1.54) is 0 Å². The van der Waals surface area contributed by atoms with E-state index in [2.05, 4.69) is 4.98 Å². The molecule has 2 rings (SSSR count). The number of ether oxygens (including phenoxy) is 1. The van der Waals surface area contributed by atoms with Crippen LogP contribution in [0.1, 0.15) is 5.56 Å². The topological polar surface area (TPSA) is 75.2 Å². The maximum Gasteiger partial charge on any atom is 0.157 e. The van der Waals surface area contributed by atoms with Crippen molar-refractivity contribution in [2.75, 3.05) is 24.8 Å². The van der Waals surface area contributed by atoms with Crippen LogP contribution in [-0.2, 0) is 0 Å². The maximum absolute atomic E-state index is 8.98. The number of nitrogens with two attached hydrogens (primary N) is 1. The largest absolute Gasteiger partial charge is 0.497 e. The van der Waals surface area contributed by atoms with Crippen molar-refractivity contribution in [2.45, 2.75) is 0 Å². The summed E-state index contributed by atoms with van der Waals surface area (Å²) in [5.41, 5.74) is 7.61. The van der Waals surface area contributed by atoms with E-state index in [1.807, 2.05) is 42.3 Å². The van der Waals surface area contributed by atoms with Crippen molar-refractivity contribution in [2.24, 2.45) is 0 Å². The number of nitrogens with zero attached hydrogens (tertiary/aromatic N) is 3. The SMILES string of the molecule is COc1cccc(N(C)c2nccc(C#N)c2N)c1. The fourth-order valence-electron chi connectivity index (χ4n) is 1.77. The molecular weight excluding hydrogens is 240 g/mol. The summed E-state index contributed by atoms with van der Waals surface area (Å²) >= 11 is 0. The number of nitriles is 1. The lowest BCUT2D eigenvalue weighted by atomic mass is 10.2. The van der Waals surface area contributed by atoms with Crippen LogP contribution in [-0.4, -0.2) is 19.1 Å². The number of hydrogen-bond donors (Lipinski definition) is 1. The van der Waals surface area contributed by atoms with Crippen molar-refractivity contribution in [3.8, 4) is 11.8 Å². The highest BCUT2D eigenvalue weighted by molar-refractivity contribution is 5.75. The smallest absolute Gasteiger partial charge is 0.157 e. The number of nitrogen functional groups attached to an aromatic ring is 1. The number of benzene rings is 1. The molecule has 0 amide bonds. The predicted molar refractivity (Wildman–Crippen MR) is 74.4 cm³/mol. The molecule has 0 radical (unpaired) electrons. The van der Waals surface area contributed by atoms with Gasteiger partial charge in [0.05, 0.1) is 18.4 Å². The minimum atomic E-state index is 0.371. The molecule has 5 heteroatoms. The van der Waals surface area contributed by atoms with Crippen LogP contribution in [0.5, 0.6) is 5.75 Å². The lowest BCUT2D eigenvalue weighted by Crippen LogP contribution is -2.14. The Kier molecular flexibility index (Phi) is 3.53. The third-order valence-electron chi connectivity index (χ3n) is 2.85. The van der Waals surface area contributed by atoms with Crippen molar-refractivity contribution in [3.63, 3.8) is 0 Å². The highest BCUT2D eigenvalue weighted by Gasteiger charge is 2.12. The molecule has 0 saturated heterocycles. The van der Waals surface area contributed by atoms with Gasteiger partial charge in [-0.15, -0.1) is 0 Å². The Hall–Kier alpha value is -2.74. The molecule has 2 aromatic rings. The van der Waals surface area contributed by atoms with Gasteiger partial charge in [0.25, 0.3) is 0 Å². The zero-order chi connectivity index (χ0) is 13.8. The van der Waals surface area contributed by atoms with E-state index in [9.17, 15) is 0 Å². The number of rotatable bonds is 3. The first-order chi connectivity index (χ1) is 9.17. The quantitative estimate of drug-likeness (QED) is 0.909. The minimum Gasteiger partial charge on any atom is -0.497 e. The molecule has 0 unspecified atom stereocenters. The second-order valence-corrected chi connectivity index (χ2v) is 3.97. The van der Waals surface area contributed by atoms with Crippen LogP contribution in [0.25, 0.3) is 0 Å². The zero-order valence-electron chi connectivity index (χ0n) is 10.8. The second kappa shape index (κ2) is 5.27. The number of hydrogen-bond acceptors (Lipinski definition) is 5. The Bertz CT molecular complexity index is 634. The molecule has 0 fully saturated rings. The van der Waals surface area contributed by atoms with Gasteiger partial charge in [-0.3, -0.25) is 0 Å². The Morgan fingerprint density at radius 1 is 1.37 bits per heavy atom. The average molecular weight is 254 g/mol. The van der Waals surface area contributed by atoms with Crippen LogP contribution in [0.3, 0.4) is 0 Å². The Morgan fingerprint density at radius 3 is 2.84 bits per heavy atom. The molecule has 1 aromatic heterocycles. The first-order valence-corrected chi connectivity index (χ1v) is 5.69. The molecule has 0 aliphatic carbocycles. The van der Waals surface area contributed by atoms with Crippen LogP contribution in [0.2, 0.25) is 0 Å². The van der Waals surface area contributed by atoms with Gasteiger partial charge >= 0.3 is 0 Å². The monoisotopic (exact) mass is 254 g/mol. The molecule has 0 saturated carbocycles. The maximum atomic E-state index is 8.98. The second-order valence-electron chi connectivity index (χ2n) is 3.97. The fraction of sp³-hybridized carbons (Fsp3) is 0.143. The highest BCUT2D eigenvalue weighted by Crippen LogP contribution is 2.30. The standard InChI is InChI=1S/C14H14N4O/c1-18(11-4-3-5-12(8-11)19-2)14-13(16)10(9-15)6-7-17-14/h3-8H,16H2,1-2H3. The van der Waals surface area contributed by atoms with Gasteiger partial charge in [0, 0.05) is 25.0 Å². The Labute approximate surface area is 111 Å². The Balaban J connectivity index is 2.44. The van der Waals surface area contributed by atoms with Gasteiger partial charge in [0.2, 0.25) is 0 Å². The van der Waals surface area contributed by atoms with Crippen LogP contribution >= 0.6 is 0 Å². The molecule has 2 N–H and O–H groups in total. The first kappa shape index (κ1) is 12.7. The molecule has 5 nitrogen and oxygen atoms in total. The van der Waals surface area contributed by atoms with Crippen molar-refractivity contribution >= 4 is 17.2 Å². The van der Waals surface area contributed by atoms with Crippen molar-refractivity contribution in [1.29, 1.82) is 5.26 Å². The molecule has 19 heavy (non-hydrogen) atoms. The van der Waals surface area contributed by atoms with E-state index in [4.69, 9.17) is 15.7 Å². The molecule has 96 valence electrons. The first-order valence-electron chi connectivity index (χ1n) is 5.69. The number of methoxy groups -OCH3 is 1. The summed E-state index contributed by atoms with van der Waals surface area (Å²) in [6, 6.07) is 11.2. The number of aromatic nitrogens is 1. The van der Waals surface area contributed by atoms with Crippen LogP contribution in [0.4, 0.5) is 17.2 Å². The van der Waals surface area contributed by atoms with Gasteiger partial charge in [-0.25, -0.2) is 4.98 Å². The van der Waals surface area contributed by atoms with Gasteiger partial charge in [0.15, 0.2) is 5.82 Å². The minimum absolute atomic E-state index is 0.371. The van der Waals surface area contributed by atoms with Crippen LogP contribution in [0, 0.1) is 11.3 Å². The molecule has 0 aliphatic heterocycles. The summed E-state index contributed by atoms with van der Waals surface area (Å²) in [7, 11) is 3.46. The molecule has 0 spiro atoms. The van der Waals surface area contributed by atoms with E-state index in [-0.39, 0.29) is 0 Å². The van der Waals surface area contributed by atoms with Crippen LogP contribution in [0.15, 0.2) is 36.5 Å². The van der Waals surface area contributed by atoms with E-state index < -0.39 is 0 Å². The van der Waals surface area contributed by atoms with Gasteiger partial charge in [0.1, 0.15) is 11.8 Å².